The van der Waals surface area contributed by atoms with Crippen molar-refractivity contribution in [2.24, 2.45) is 0 Å². The Balaban J connectivity index is 1.32. The van der Waals surface area contributed by atoms with E-state index in [1.54, 1.807) is 32.0 Å². The van der Waals surface area contributed by atoms with E-state index in [1.165, 1.54) is 6.07 Å². The Hall–Kier alpha value is -2.70. The smallest absolute Gasteiger partial charge is 0.475 e. The standard InChI is InChI=1S/C22H24F2N3O8P/c1-11(2)34-36(30)31-10-16-18(35-36)22(23,24)20(33-16)27-7-6-17(26-21(27)29)25-19(28)14-5-4-13-8-12(3)32-15(13)9-14/h4-7,9,11-12,16,18,20H,8,10H2,1-3H3,(H,25,26,28,29)/t12?,16-,18-,20?,36?/m1/s1. The largest absolute Gasteiger partial charge is 0.490 e. The second-order valence-electron chi connectivity index (χ2n) is 9.04. The van der Waals surface area contributed by atoms with Gasteiger partial charge in [-0.3, -0.25) is 22.9 Å². The molecule has 11 nitrogen and oxygen atoms in total. The molecule has 36 heavy (non-hydrogen) atoms. The lowest BCUT2D eigenvalue weighted by atomic mass is 10.1. The van der Waals surface area contributed by atoms with Crippen LogP contribution in [-0.2, 0) is 29.3 Å². The SMILES string of the molecule is CC(C)OP1(=O)OC[C@H]2OC(n3ccc(NC(=O)c4ccc5c(c4)OC(C)C5)nc3=O)C(F)(F)[C@@H]2O1. The quantitative estimate of drug-likeness (QED) is 0.583. The highest BCUT2D eigenvalue weighted by Gasteiger charge is 2.65. The van der Waals surface area contributed by atoms with Crippen LogP contribution in [0.5, 0.6) is 5.75 Å². The first kappa shape index (κ1) is 25.0. The molecule has 1 aromatic heterocycles. The summed E-state index contributed by atoms with van der Waals surface area (Å²) in [5.41, 5.74) is 0.179. The van der Waals surface area contributed by atoms with E-state index in [9.17, 15) is 14.2 Å². The van der Waals surface area contributed by atoms with E-state index >= 15 is 8.78 Å². The van der Waals surface area contributed by atoms with Crippen LogP contribution >= 0.6 is 7.82 Å². The van der Waals surface area contributed by atoms with Crippen LogP contribution in [0.1, 0.15) is 42.9 Å². The van der Waals surface area contributed by atoms with Crippen LogP contribution in [0.3, 0.4) is 0 Å². The summed E-state index contributed by atoms with van der Waals surface area (Å²) in [6.07, 6.45) is -4.16. The summed E-state index contributed by atoms with van der Waals surface area (Å²) >= 11 is 0. The number of amides is 1. The van der Waals surface area contributed by atoms with Crippen molar-refractivity contribution >= 4 is 19.5 Å². The molecule has 2 aromatic rings. The number of anilines is 1. The summed E-state index contributed by atoms with van der Waals surface area (Å²) < 4.78 is 69.6. The zero-order valence-corrected chi connectivity index (χ0v) is 20.4. The number of phosphoric acid groups is 1. The Morgan fingerprint density at radius 3 is 2.83 bits per heavy atom. The number of hydrogen-bond donors (Lipinski definition) is 1. The van der Waals surface area contributed by atoms with E-state index in [0.717, 1.165) is 18.2 Å². The minimum absolute atomic E-state index is 0.0129. The molecule has 0 radical (unpaired) electrons. The molecule has 3 unspecified atom stereocenters. The van der Waals surface area contributed by atoms with Crippen LogP contribution in [0.15, 0.2) is 35.3 Å². The minimum Gasteiger partial charge on any atom is -0.490 e. The molecule has 0 saturated carbocycles. The maximum atomic E-state index is 15.2. The molecular weight excluding hydrogens is 503 g/mol. The van der Waals surface area contributed by atoms with Crippen LogP contribution in [-0.4, -0.2) is 52.4 Å². The fourth-order valence-corrected chi connectivity index (χ4v) is 5.84. The number of aromatic nitrogens is 2. The lowest BCUT2D eigenvalue weighted by Gasteiger charge is -2.32. The lowest BCUT2D eigenvalue weighted by Crippen LogP contribution is -2.45. The molecule has 2 saturated heterocycles. The molecule has 5 atom stereocenters. The molecule has 2 fully saturated rings. The zero-order chi connectivity index (χ0) is 25.8. The van der Waals surface area contributed by atoms with Crippen LogP contribution in [0.25, 0.3) is 0 Å². The molecule has 5 rings (SSSR count). The van der Waals surface area contributed by atoms with Gasteiger partial charge in [0.25, 0.3) is 5.91 Å². The van der Waals surface area contributed by atoms with Gasteiger partial charge >= 0.3 is 19.4 Å². The van der Waals surface area contributed by atoms with Gasteiger partial charge in [-0.15, -0.1) is 0 Å². The number of hydrogen-bond acceptors (Lipinski definition) is 9. The van der Waals surface area contributed by atoms with Crippen molar-refractivity contribution in [3.63, 3.8) is 0 Å². The van der Waals surface area contributed by atoms with Crippen molar-refractivity contribution in [3.05, 3.63) is 52.1 Å². The maximum absolute atomic E-state index is 15.2. The number of rotatable bonds is 5. The van der Waals surface area contributed by atoms with E-state index in [1.807, 2.05) is 6.92 Å². The van der Waals surface area contributed by atoms with Crippen molar-refractivity contribution < 1.29 is 41.2 Å². The molecule has 3 aliphatic heterocycles. The molecule has 1 amide bonds. The van der Waals surface area contributed by atoms with E-state index in [4.69, 9.17) is 23.0 Å². The summed E-state index contributed by atoms with van der Waals surface area (Å²) in [6, 6.07) is 6.19. The monoisotopic (exact) mass is 527 g/mol. The summed E-state index contributed by atoms with van der Waals surface area (Å²) in [5.74, 6) is -3.84. The van der Waals surface area contributed by atoms with E-state index in [0.29, 0.717) is 10.3 Å². The molecule has 1 N–H and O–H groups in total. The zero-order valence-electron chi connectivity index (χ0n) is 19.6. The van der Waals surface area contributed by atoms with Crippen LogP contribution in [0.2, 0.25) is 0 Å². The van der Waals surface area contributed by atoms with Gasteiger partial charge in [-0.1, -0.05) is 6.07 Å². The molecular formula is C22H24F2N3O8P. The molecule has 14 heteroatoms. The second kappa shape index (κ2) is 9.00. The molecule has 4 heterocycles. The Kier molecular flexibility index (Phi) is 6.24. The third kappa shape index (κ3) is 4.57. The number of benzene rings is 1. The lowest BCUT2D eigenvalue weighted by molar-refractivity contribution is -0.139. The maximum Gasteiger partial charge on any atom is 0.475 e. The van der Waals surface area contributed by atoms with Crippen LogP contribution < -0.4 is 15.7 Å². The fraction of sp³-hybridized carbons (Fsp3) is 0.500. The summed E-state index contributed by atoms with van der Waals surface area (Å²) in [6.45, 7) is 4.55. The van der Waals surface area contributed by atoms with E-state index < -0.39 is 56.5 Å². The number of ether oxygens (including phenoxy) is 2. The molecule has 194 valence electrons. The number of phosphoric ester groups is 1. The predicted octanol–water partition coefficient (Wildman–Crippen LogP) is 3.30. The number of nitrogens with one attached hydrogen (secondary N) is 1. The van der Waals surface area contributed by atoms with Gasteiger partial charge in [0, 0.05) is 18.2 Å². The van der Waals surface area contributed by atoms with Crippen molar-refractivity contribution in [2.75, 3.05) is 11.9 Å². The van der Waals surface area contributed by atoms with Crippen molar-refractivity contribution in [3.8, 4) is 5.75 Å². The van der Waals surface area contributed by atoms with Gasteiger partial charge in [0.1, 0.15) is 23.8 Å². The number of halogens is 2. The van der Waals surface area contributed by atoms with E-state index in [2.05, 4.69) is 10.3 Å². The first-order chi connectivity index (χ1) is 16.9. The number of carbonyl (C=O) groups is 1. The molecule has 1 aromatic carbocycles. The first-order valence-electron chi connectivity index (χ1n) is 11.3. The predicted molar refractivity (Wildman–Crippen MR) is 120 cm³/mol. The minimum atomic E-state index is -4.23. The number of alkyl halides is 2. The first-order valence-corrected chi connectivity index (χ1v) is 12.8. The Morgan fingerprint density at radius 2 is 2.11 bits per heavy atom. The van der Waals surface area contributed by atoms with Crippen LogP contribution in [0, 0.1) is 0 Å². The van der Waals surface area contributed by atoms with Gasteiger partial charge in [0.2, 0.25) is 6.23 Å². The highest BCUT2D eigenvalue weighted by atomic mass is 31.2. The summed E-state index contributed by atoms with van der Waals surface area (Å²) in [5, 5.41) is 2.47. The van der Waals surface area contributed by atoms with Gasteiger partial charge < -0.3 is 14.8 Å². The van der Waals surface area contributed by atoms with Crippen molar-refractivity contribution in [2.45, 2.75) is 63.8 Å². The van der Waals surface area contributed by atoms with Crippen molar-refractivity contribution in [1.29, 1.82) is 0 Å². The average Bonchev–Trinajstić information content (AvgIpc) is 3.28. The van der Waals surface area contributed by atoms with Gasteiger partial charge in [-0.05, 0) is 44.5 Å². The van der Waals surface area contributed by atoms with Gasteiger partial charge in [-0.2, -0.15) is 13.8 Å². The number of fused-ring (bicyclic) bond motifs is 2. The molecule has 0 spiro atoms. The Labute approximate surface area is 204 Å². The highest BCUT2D eigenvalue weighted by Crippen LogP contribution is 2.60. The summed E-state index contributed by atoms with van der Waals surface area (Å²) in [7, 11) is -4.23. The topological polar surface area (TPSA) is 127 Å². The number of nitrogens with zero attached hydrogens (tertiary/aromatic N) is 2. The fourth-order valence-electron chi connectivity index (χ4n) is 4.27. The Bertz CT molecular complexity index is 1300. The number of carbonyl (C=O) groups excluding carboxylic acids is 1. The summed E-state index contributed by atoms with van der Waals surface area (Å²) in [4.78, 5) is 28.9. The average molecular weight is 527 g/mol. The Morgan fingerprint density at radius 1 is 1.33 bits per heavy atom. The normalized spacial score (nSPS) is 30.5. The molecule has 0 aliphatic carbocycles. The second-order valence-corrected chi connectivity index (χ2v) is 10.6. The van der Waals surface area contributed by atoms with Gasteiger partial charge in [0.05, 0.1) is 12.7 Å². The van der Waals surface area contributed by atoms with Gasteiger partial charge in [0.15, 0.2) is 6.10 Å². The third-order valence-corrected chi connectivity index (χ3v) is 7.45. The van der Waals surface area contributed by atoms with E-state index in [-0.39, 0.29) is 17.5 Å². The van der Waals surface area contributed by atoms with Crippen LogP contribution in [0.4, 0.5) is 14.6 Å². The van der Waals surface area contributed by atoms with Gasteiger partial charge in [-0.25, -0.2) is 9.36 Å². The molecule has 0 bridgehead atoms. The molecule has 3 aliphatic rings. The third-order valence-electron chi connectivity index (χ3n) is 5.82. The highest BCUT2D eigenvalue weighted by molar-refractivity contribution is 7.48. The van der Waals surface area contributed by atoms with Crippen molar-refractivity contribution in [1.82, 2.24) is 9.55 Å².